The average molecular weight is 197 g/mol. The molecule has 1 rings (SSSR count). The molecule has 0 aromatic heterocycles. The predicted molar refractivity (Wildman–Crippen MR) is 48.9 cm³/mol. The van der Waals surface area contributed by atoms with Crippen LogP contribution in [0.2, 0.25) is 0 Å². The van der Waals surface area contributed by atoms with E-state index in [-0.39, 0.29) is 0 Å². The van der Waals surface area contributed by atoms with Crippen molar-refractivity contribution in [3.63, 3.8) is 0 Å². The largest absolute Gasteiger partial charge is 0.0871 e. The van der Waals surface area contributed by atoms with Gasteiger partial charge in [-0.2, -0.15) is 0 Å². The molecule has 0 N–H and O–H groups in total. The van der Waals surface area contributed by atoms with E-state index in [1.165, 1.54) is 5.56 Å². The number of halogens is 1. The molecule has 0 spiro atoms. The number of hydrogen-bond acceptors (Lipinski definition) is 0. The molecule has 0 atom stereocenters. The van der Waals surface area contributed by atoms with Crippen molar-refractivity contribution in [1.29, 1.82) is 0 Å². The number of benzene rings is 1. The van der Waals surface area contributed by atoms with Crippen LogP contribution < -0.4 is 0 Å². The van der Waals surface area contributed by atoms with Crippen molar-refractivity contribution in [3.05, 3.63) is 40.4 Å². The first-order valence-corrected chi connectivity index (χ1v) is 4.00. The van der Waals surface area contributed by atoms with Gasteiger partial charge in [-0.05, 0) is 24.6 Å². The van der Waals surface area contributed by atoms with Gasteiger partial charge in [-0.1, -0.05) is 40.2 Å². The van der Waals surface area contributed by atoms with Gasteiger partial charge < -0.3 is 0 Å². The van der Waals surface area contributed by atoms with Gasteiger partial charge >= 0.3 is 0 Å². The lowest BCUT2D eigenvalue weighted by atomic mass is 10.2. The Labute approximate surface area is 69.7 Å². The summed E-state index contributed by atoms with van der Waals surface area (Å²) in [5.41, 5.74) is 1.23. The SMILES string of the molecule is C/C=C\c1cccc(Br)c1. The molecule has 52 valence electrons. The normalized spacial score (nSPS) is 10.6. The van der Waals surface area contributed by atoms with Crippen molar-refractivity contribution in [3.8, 4) is 0 Å². The summed E-state index contributed by atoms with van der Waals surface area (Å²) in [4.78, 5) is 0. The number of hydrogen-bond donors (Lipinski definition) is 0. The smallest absolute Gasteiger partial charge is 0.0181 e. The monoisotopic (exact) mass is 196 g/mol. The molecule has 0 nitrogen and oxygen atoms in total. The number of allylic oxidation sites excluding steroid dienone is 1. The van der Waals surface area contributed by atoms with E-state index in [9.17, 15) is 0 Å². The lowest BCUT2D eigenvalue weighted by molar-refractivity contribution is 1.60. The molecule has 0 aliphatic rings. The average Bonchev–Trinajstić information content (AvgIpc) is 1.88. The Balaban J connectivity index is 2.95. The minimum atomic E-state index is 1.13. The minimum absolute atomic E-state index is 1.13. The molecule has 0 aliphatic heterocycles. The van der Waals surface area contributed by atoms with Crippen LogP contribution in [0.1, 0.15) is 12.5 Å². The van der Waals surface area contributed by atoms with Crippen LogP contribution in [0.3, 0.4) is 0 Å². The summed E-state index contributed by atoms with van der Waals surface area (Å²) in [6, 6.07) is 8.21. The molecule has 0 unspecified atom stereocenters. The van der Waals surface area contributed by atoms with Gasteiger partial charge in [-0.15, -0.1) is 0 Å². The third-order valence-corrected chi connectivity index (χ3v) is 1.70. The maximum absolute atomic E-state index is 3.40. The van der Waals surface area contributed by atoms with E-state index < -0.39 is 0 Å². The zero-order chi connectivity index (χ0) is 7.40. The highest BCUT2D eigenvalue weighted by atomic mass is 79.9. The van der Waals surface area contributed by atoms with Crippen molar-refractivity contribution in [1.82, 2.24) is 0 Å². The molecule has 1 aromatic rings. The second-order valence-corrected chi connectivity index (χ2v) is 2.97. The van der Waals surface area contributed by atoms with Gasteiger partial charge in [-0.25, -0.2) is 0 Å². The topological polar surface area (TPSA) is 0 Å². The van der Waals surface area contributed by atoms with Crippen LogP contribution in [-0.4, -0.2) is 0 Å². The van der Waals surface area contributed by atoms with Crippen LogP contribution in [0.5, 0.6) is 0 Å². The summed E-state index contributed by atoms with van der Waals surface area (Å²) in [5.74, 6) is 0. The van der Waals surface area contributed by atoms with Crippen molar-refractivity contribution in [2.45, 2.75) is 6.92 Å². The minimum Gasteiger partial charge on any atom is -0.0871 e. The van der Waals surface area contributed by atoms with E-state index in [4.69, 9.17) is 0 Å². The Hall–Kier alpha value is -0.560. The van der Waals surface area contributed by atoms with E-state index in [2.05, 4.69) is 34.1 Å². The van der Waals surface area contributed by atoms with Crippen LogP contribution in [-0.2, 0) is 0 Å². The van der Waals surface area contributed by atoms with E-state index in [1.54, 1.807) is 0 Å². The standard InChI is InChI=1S/C9H9Br/c1-2-4-8-5-3-6-9(10)7-8/h2-7H,1H3/b4-2-. The highest BCUT2D eigenvalue weighted by Crippen LogP contribution is 2.12. The molecule has 0 saturated heterocycles. The van der Waals surface area contributed by atoms with Gasteiger partial charge in [0.2, 0.25) is 0 Å². The quantitative estimate of drug-likeness (QED) is 0.646. The molecule has 10 heavy (non-hydrogen) atoms. The first-order valence-electron chi connectivity index (χ1n) is 3.21. The van der Waals surface area contributed by atoms with Crippen LogP contribution in [0, 0.1) is 0 Å². The van der Waals surface area contributed by atoms with Gasteiger partial charge in [0.15, 0.2) is 0 Å². The van der Waals surface area contributed by atoms with Crippen LogP contribution >= 0.6 is 15.9 Å². The van der Waals surface area contributed by atoms with E-state index >= 15 is 0 Å². The highest BCUT2D eigenvalue weighted by molar-refractivity contribution is 9.10. The Morgan fingerprint density at radius 3 is 2.80 bits per heavy atom. The zero-order valence-corrected chi connectivity index (χ0v) is 7.43. The van der Waals surface area contributed by atoms with E-state index in [0.717, 1.165) is 4.47 Å². The zero-order valence-electron chi connectivity index (χ0n) is 5.84. The second kappa shape index (κ2) is 3.57. The third kappa shape index (κ3) is 1.99. The Kier molecular flexibility index (Phi) is 2.69. The van der Waals surface area contributed by atoms with Crippen molar-refractivity contribution in [2.75, 3.05) is 0 Å². The first kappa shape index (κ1) is 7.55. The maximum atomic E-state index is 3.40. The molecule has 0 aliphatic carbocycles. The molecule has 0 amide bonds. The lowest BCUT2D eigenvalue weighted by Crippen LogP contribution is -1.69. The Bertz CT molecular complexity index is 238. The van der Waals surface area contributed by atoms with Crippen LogP contribution in [0.4, 0.5) is 0 Å². The molecular weight excluding hydrogens is 188 g/mol. The Morgan fingerprint density at radius 1 is 1.40 bits per heavy atom. The summed E-state index contributed by atoms with van der Waals surface area (Å²) in [5, 5.41) is 0. The van der Waals surface area contributed by atoms with Gasteiger partial charge in [0.25, 0.3) is 0 Å². The third-order valence-electron chi connectivity index (χ3n) is 1.21. The van der Waals surface area contributed by atoms with Gasteiger partial charge in [0.05, 0.1) is 0 Å². The van der Waals surface area contributed by atoms with Crippen LogP contribution in [0.15, 0.2) is 34.8 Å². The van der Waals surface area contributed by atoms with E-state index in [0.29, 0.717) is 0 Å². The second-order valence-electron chi connectivity index (χ2n) is 2.06. The molecule has 1 heteroatoms. The van der Waals surface area contributed by atoms with Crippen molar-refractivity contribution in [2.24, 2.45) is 0 Å². The fraction of sp³-hybridized carbons (Fsp3) is 0.111. The molecule has 0 bridgehead atoms. The molecule has 0 saturated carbocycles. The number of rotatable bonds is 1. The predicted octanol–water partition coefficient (Wildman–Crippen LogP) is 3.48. The fourth-order valence-electron chi connectivity index (χ4n) is 0.803. The maximum Gasteiger partial charge on any atom is 0.0181 e. The molecule has 0 fully saturated rings. The first-order chi connectivity index (χ1) is 4.83. The summed E-state index contributed by atoms with van der Waals surface area (Å²) in [6.45, 7) is 2.01. The summed E-state index contributed by atoms with van der Waals surface area (Å²) in [6.07, 6.45) is 4.10. The summed E-state index contributed by atoms with van der Waals surface area (Å²) < 4.78 is 1.13. The van der Waals surface area contributed by atoms with Crippen molar-refractivity contribution >= 4 is 22.0 Å². The van der Waals surface area contributed by atoms with E-state index in [1.807, 2.05) is 25.1 Å². The molecule has 0 heterocycles. The highest BCUT2D eigenvalue weighted by Gasteiger charge is 1.85. The summed E-state index contributed by atoms with van der Waals surface area (Å²) >= 11 is 3.40. The lowest BCUT2D eigenvalue weighted by Gasteiger charge is -1.91. The molecule has 1 aromatic carbocycles. The van der Waals surface area contributed by atoms with Gasteiger partial charge in [0, 0.05) is 4.47 Å². The van der Waals surface area contributed by atoms with Crippen LogP contribution in [0.25, 0.3) is 6.08 Å². The van der Waals surface area contributed by atoms with Gasteiger partial charge in [-0.3, -0.25) is 0 Å². The summed E-state index contributed by atoms with van der Waals surface area (Å²) in [7, 11) is 0. The van der Waals surface area contributed by atoms with Gasteiger partial charge in [0.1, 0.15) is 0 Å². The fourth-order valence-corrected chi connectivity index (χ4v) is 1.22. The Morgan fingerprint density at radius 2 is 2.20 bits per heavy atom. The molecule has 0 radical (unpaired) electrons. The molecular formula is C9H9Br. The van der Waals surface area contributed by atoms with Crippen molar-refractivity contribution < 1.29 is 0 Å².